The number of tetrazole rings is 1. The van der Waals surface area contributed by atoms with E-state index in [0.29, 0.717) is 23.4 Å². The van der Waals surface area contributed by atoms with Gasteiger partial charge in [-0.05, 0) is 43.4 Å². The van der Waals surface area contributed by atoms with Crippen molar-refractivity contribution in [3.8, 4) is 0 Å². The lowest BCUT2D eigenvalue weighted by Gasteiger charge is -2.10. The van der Waals surface area contributed by atoms with Gasteiger partial charge >= 0.3 is 0 Å². The van der Waals surface area contributed by atoms with Crippen LogP contribution in [0.5, 0.6) is 0 Å². The molecule has 20 heavy (non-hydrogen) atoms. The first-order valence-electron chi connectivity index (χ1n) is 6.79. The second-order valence-corrected chi connectivity index (χ2v) is 6.28. The van der Waals surface area contributed by atoms with E-state index in [-0.39, 0.29) is 5.91 Å². The maximum atomic E-state index is 11.7. The molecule has 0 saturated heterocycles. The molecule has 1 aromatic rings. The Morgan fingerprint density at radius 2 is 2.20 bits per heavy atom. The van der Waals surface area contributed by atoms with Crippen LogP contribution in [-0.2, 0) is 11.3 Å². The normalized spacial score (nSPS) is 11.3. The van der Waals surface area contributed by atoms with Crippen LogP contribution in [0.3, 0.4) is 0 Å². The SMILES string of the molecule is CC(C)Cn1nnnc1SCC(=O)NCCCN(C)C. The molecule has 8 heteroatoms. The van der Waals surface area contributed by atoms with E-state index in [1.807, 2.05) is 14.1 Å². The summed E-state index contributed by atoms with van der Waals surface area (Å²) in [6, 6.07) is 0. The van der Waals surface area contributed by atoms with Crippen LogP contribution < -0.4 is 5.32 Å². The van der Waals surface area contributed by atoms with Crippen molar-refractivity contribution in [1.82, 2.24) is 30.4 Å². The zero-order valence-electron chi connectivity index (χ0n) is 12.7. The Morgan fingerprint density at radius 1 is 1.45 bits per heavy atom. The number of aromatic nitrogens is 4. The molecule has 0 aromatic carbocycles. The van der Waals surface area contributed by atoms with E-state index in [2.05, 4.69) is 39.6 Å². The molecule has 1 heterocycles. The molecule has 7 nitrogen and oxygen atoms in total. The highest BCUT2D eigenvalue weighted by atomic mass is 32.2. The maximum absolute atomic E-state index is 11.7. The smallest absolute Gasteiger partial charge is 0.230 e. The van der Waals surface area contributed by atoms with Gasteiger partial charge in [0.15, 0.2) is 0 Å². The van der Waals surface area contributed by atoms with Crippen molar-refractivity contribution >= 4 is 17.7 Å². The molecule has 0 bridgehead atoms. The van der Waals surface area contributed by atoms with Gasteiger partial charge < -0.3 is 10.2 Å². The fourth-order valence-corrected chi connectivity index (χ4v) is 2.28. The monoisotopic (exact) mass is 300 g/mol. The Kier molecular flexibility index (Phi) is 7.53. The molecular formula is C12H24N6OS. The van der Waals surface area contributed by atoms with Crippen LogP contribution in [0.1, 0.15) is 20.3 Å². The number of rotatable bonds is 9. The topological polar surface area (TPSA) is 75.9 Å². The second-order valence-electron chi connectivity index (χ2n) is 5.33. The third-order valence-corrected chi connectivity index (χ3v) is 3.43. The van der Waals surface area contributed by atoms with Gasteiger partial charge in [-0.2, -0.15) is 0 Å². The summed E-state index contributed by atoms with van der Waals surface area (Å²) in [4.78, 5) is 13.8. The summed E-state index contributed by atoms with van der Waals surface area (Å²) in [5.74, 6) is 0.839. The number of nitrogens with zero attached hydrogens (tertiary/aromatic N) is 5. The van der Waals surface area contributed by atoms with Crippen molar-refractivity contribution in [3.63, 3.8) is 0 Å². The van der Waals surface area contributed by atoms with Crippen molar-refractivity contribution in [1.29, 1.82) is 0 Å². The Morgan fingerprint density at radius 3 is 2.85 bits per heavy atom. The average Bonchev–Trinajstić information content (AvgIpc) is 2.78. The highest BCUT2D eigenvalue weighted by Crippen LogP contribution is 2.14. The van der Waals surface area contributed by atoms with Crippen molar-refractivity contribution in [2.45, 2.75) is 32.0 Å². The molecule has 0 saturated carbocycles. The lowest BCUT2D eigenvalue weighted by molar-refractivity contribution is -0.118. The van der Waals surface area contributed by atoms with Crippen LogP contribution in [0.2, 0.25) is 0 Å². The molecular weight excluding hydrogens is 276 g/mol. The van der Waals surface area contributed by atoms with Crippen LogP contribution in [0, 0.1) is 5.92 Å². The van der Waals surface area contributed by atoms with Gasteiger partial charge in [-0.25, -0.2) is 4.68 Å². The lowest BCUT2D eigenvalue weighted by Crippen LogP contribution is -2.28. The van der Waals surface area contributed by atoms with Crippen molar-refractivity contribution in [2.24, 2.45) is 5.92 Å². The molecule has 0 fully saturated rings. The molecule has 1 rings (SSSR count). The zero-order valence-corrected chi connectivity index (χ0v) is 13.5. The van der Waals surface area contributed by atoms with E-state index in [1.54, 1.807) is 4.68 Å². The Labute approximate surface area is 124 Å². The molecule has 0 unspecified atom stereocenters. The average molecular weight is 300 g/mol. The quantitative estimate of drug-likeness (QED) is 0.528. The van der Waals surface area contributed by atoms with E-state index < -0.39 is 0 Å². The van der Waals surface area contributed by atoms with Gasteiger partial charge in [-0.1, -0.05) is 25.6 Å². The molecule has 0 spiro atoms. The van der Waals surface area contributed by atoms with Gasteiger partial charge in [0.2, 0.25) is 11.1 Å². The second kappa shape index (κ2) is 8.91. The third kappa shape index (κ3) is 6.85. The molecule has 0 aliphatic heterocycles. The summed E-state index contributed by atoms with van der Waals surface area (Å²) >= 11 is 1.37. The van der Waals surface area contributed by atoms with Gasteiger partial charge in [0, 0.05) is 13.1 Å². The zero-order chi connectivity index (χ0) is 15.0. The van der Waals surface area contributed by atoms with Gasteiger partial charge in [-0.3, -0.25) is 4.79 Å². The molecule has 0 radical (unpaired) electrons. The number of hydrogen-bond acceptors (Lipinski definition) is 6. The van der Waals surface area contributed by atoms with E-state index in [1.165, 1.54) is 11.8 Å². The molecule has 0 aliphatic carbocycles. The van der Waals surface area contributed by atoms with E-state index in [0.717, 1.165) is 19.5 Å². The minimum Gasteiger partial charge on any atom is -0.355 e. The fraction of sp³-hybridized carbons (Fsp3) is 0.833. The molecule has 1 amide bonds. The first-order chi connectivity index (χ1) is 9.49. The Bertz CT molecular complexity index is 406. The molecule has 1 N–H and O–H groups in total. The summed E-state index contributed by atoms with van der Waals surface area (Å²) in [5, 5.41) is 15.1. The number of carbonyl (C=O) groups excluding carboxylic acids is 1. The number of amides is 1. The number of hydrogen-bond donors (Lipinski definition) is 1. The summed E-state index contributed by atoms with van der Waals surface area (Å²) in [7, 11) is 4.04. The lowest BCUT2D eigenvalue weighted by atomic mass is 10.2. The molecule has 1 aromatic heterocycles. The first-order valence-corrected chi connectivity index (χ1v) is 7.78. The first kappa shape index (κ1) is 16.9. The standard InChI is InChI=1S/C12H24N6OS/c1-10(2)8-18-12(14-15-16-18)20-9-11(19)13-6-5-7-17(3)4/h10H,5-9H2,1-4H3,(H,13,19). The van der Waals surface area contributed by atoms with Gasteiger partial charge in [-0.15, -0.1) is 5.10 Å². The predicted molar refractivity (Wildman–Crippen MR) is 79.6 cm³/mol. The molecule has 0 atom stereocenters. The highest BCUT2D eigenvalue weighted by molar-refractivity contribution is 7.99. The third-order valence-electron chi connectivity index (χ3n) is 2.47. The van der Waals surface area contributed by atoms with Crippen molar-refractivity contribution in [2.75, 3.05) is 32.9 Å². The van der Waals surface area contributed by atoms with E-state index in [9.17, 15) is 4.79 Å². The summed E-state index contributed by atoms with van der Waals surface area (Å²) in [5.41, 5.74) is 0. The van der Waals surface area contributed by atoms with Gasteiger partial charge in [0.25, 0.3) is 0 Å². The number of nitrogens with one attached hydrogen (secondary N) is 1. The molecule has 114 valence electrons. The van der Waals surface area contributed by atoms with E-state index >= 15 is 0 Å². The minimum atomic E-state index is 0.0212. The van der Waals surface area contributed by atoms with Crippen LogP contribution in [0.15, 0.2) is 5.16 Å². The van der Waals surface area contributed by atoms with Gasteiger partial charge in [0.05, 0.1) is 5.75 Å². The largest absolute Gasteiger partial charge is 0.355 e. The predicted octanol–water partition coefficient (Wildman–Crippen LogP) is 0.489. The maximum Gasteiger partial charge on any atom is 0.230 e. The van der Waals surface area contributed by atoms with Crippen molar-refractivity contribution < 1.29 is 4.79 Å². The summed E-state index contributed by atoms with van der Waals surface area (Å²) in [6.07, 6.45) is 0.953. The fourth-order valence-electron chi connectivity index (χ4n) is 1.56. The number of thioether (sulfide) groups is 1. The molecule has 0 aliphatic rings. The van der Waals surface area contributed by atoms with Crippen molar-refractivity contribution in [3.05, 3.63) is 0 Å². The summed E-state index contributed by atoms with van der Waals surface area (Å²) < 4.78 is 1.74. The van der Waals surface area contributed by atoms with Crippen LogP contribution in [0.25, 0.3) is 0 Å². The summed E-state index contributed by atoms with van der Waals surface area (Å²) in [6.45, 7) is 6.65. The number of carbonyl (C=O) groups is 1. The van der Waals surface area contributed by atoms with Crippen LogP contribution in [0.4, 0.5) is 0 Å². The van der Waals surface area contributed by atoms with Crippen LogP contribution in [-0.4, -0.2) is 64.0 Å². The van der Waals surface area contributed by atoms with E-state index in [4.69, 9.17) is 0 Å². The van der Waals surface area contributed by atoms with Gasteiger partial charge in [0.1, 0.15) is 0 Å². The Hall–Kier alpha value is -1.15. The minimum absolute atomic E-state index is 0.0212. The highest BCUT2D eigenvalue weighted by Gasteiger charge is 2.10. The Balaban J connectivity index is 2.25. The van der Waals surface area contributed by atoms with Crippen LogP contribution >= 0.6 is 11.8 Å².